The molecule has 0 saturated carbocycles. The van der Waals surface area contributed by atoms with E-state index in [0.29, 0.717) is 21.2 Å². The van der Waals surface area contributed by atoms with Crippen LogP contribution < -0.4 is 0 Å². The number of aliphatic hydroxyl groups excluding tert-OH is 1. The number of fused-ring (bicyclic) bond motifs is 1. The second-order valence-corrected chi connectivity index (χ2v) is 6.73. The number of aryl methyl sites for hydroxylation is 1. The van der Waals surface area contributed by atoms with Crippen LogP contribution in [-0.4, -0.2) is 39.3 Å². The molecule has 2 aromatic rings. The van der Waals surface area contributed by atoms with Gasteiger partial charge in [0.05, 0.1) is 40.1 Å². The summed E-state index contributed by atoms with van der Waals surface area (Å²) in [5.74, 6) is -0.173. The summed E-state index contributed by atoms with van der Waals surface area (Å²) in [6.07, 6.45) is 4.60. The molecule has 1 atom stereocenters. The van der Waals surface area contributed by atoms with Gasteiger partial charge in [-0.25, -0.2) is 0 Å². The number of halogens is 2. The van der Waals surface area contributed by atoms with Gasteiger partial charge >= 0.3 is 0 Å². The van der Waals surface area contributed by atoms with Gasteiger partial charge in [0.15, 0.2) is 0 Å². The van der Waals surface area contributed by atoms with Crippen LogP contribution in [0.5, 0.6) is 0 Å². The fourth-order valence-electron chi connectivity index (χ4n) is 3.14. The Hall–Kier alpha value is -1.56. The Morgan fingerprint density at radius 3 is 2.96 bits per heavy atom. The lowest BCUT2D eigenvalue weighted by atomic mass is 10.0. The van der Waals surface area contributed by atoms with Crippen LogP contribution in [0.25, 0.3) is 0 Å². The summed E-state index contributed by atoms with van der Waals surface area (Å²) in [6, 6.07) is 4.64. The van der Waals surface area contributed by atoms with Crippen molar-refractivity contribution in [1.82, 2.24) is 14.7 Å². The third kappa shape index (κ3) is 3.04. The summed E-state index contributed by atoms with van der Waals surface area (Å²) in [5, 5.41) is 14.9. The minimum atomic E-state index is -0.567. The van der Waals surface area contributed by atoms with Crippen molar-refractivity contribution in [3.63, 3.8) is 0 Å². The van der Waals surface area contributed by atoms with E-state index in [0.717, 1.165) is 31.5 Å². The van der Waals surface area contributed by atoms with Crippen LogP contribution >= 0.6 is 23.2 Å². The molecule has 7 heteroatoms. The van der Waals surface area contributed by atoms with Gasteiger partial charge in [0.25, 0.3) is 5.91 Å². The van der Waals surface area contributed by atoms with E-state index in [2.05, 4.69) is 5.10 Å². The van der Waals surface area contributed by atoms with E-state index in [1.54, 1.807) is 31.4 Å². The van der Waals surface area contributed by atoms with Gasteiger partial charge in [-0.3, -0.25) is 9.48 Å². The van der Waals surface area contributed by atoms with Crippen molar-refractivity contribution in [3.8, 4) is 0 Å². The summed E-state index contributed by atoms with van der Waals surface area (Å²) in [4.78, 5) is 14.4. The van der Waals surface area contributed by atoms with Crippen LogP contribution in [0.1, 0.15) is 40.5 Å². The Kier molecular flexibility index (Phi) is 5.13. The molecule has 1 N–H and O–H groups in total. The average Bonchev–Trinajstić information content (AvgIpc) is 3.02. The molecule has 1 unspecified atom stereocenters. The first kappa shape index (κ1) is 17.3. The third-order valence-electron chi connectivity index (χ3n) is 4.51. The highest BCUT2D eigenvalue weighted by atomic mass is 35.5. The molecular weight excluding hydrogens is 349 g/mol. The molecule has 24 heavy (non-hydrogen) atoms. The van der Waals surface area contributed by atoms with Gasteiger partial charge in [-0.2, -0.15) is 5.10 Å². The molecule has 2 heterocycles. The maximum atomic E-state index is 12.9. The molecule has 1 amide bonds. The van der Waals surface area contributed by atoms with E-state index < -0.39 is 6.04 Å². The molecule has 5 nitrogen and oxygen atoms in total. The number of carbonyl (C=O) groups excluding carboxylic acids is 1. The first-order valence-corrected chi connectivity index (χ1v) is 8.66. The molecule has 0 saturated heterocycles. The number of hydrogen-bond acceptors (Lipinski definition) is 3. The van der Waals surface area contributed by atoms with Crippen LogP contribution in [0.15, 0.2) is 24.4 Å². The number of amides is 1. The molecule has 3 rings (SSSR count). The standard InChI is InChI=1S/C17H19Cl2N3O2/c1-21(15(10-23)11-5-4-6-13(18)16(11)19)17(24)12-9-20-22-8-3-2-7-14(12)22/h4-6,9,15,23H,2-3,7-8,10H2,1H3. The first-order valence-electron chi connectivity index (χ1n) is 7.91. The number of aliphatic hydroxyl groups is 1. The summed E-state index contributed by atoms with van der Waals surface area (Å²) in [6.45, 7) is 0.599. The number of likely N-dealkylation sites (N-methyl/N-ethyl adjacent to an activating group) is 1. The lowest BCUT2D eigenvalue weighted by Gasteiger charge is -2.28. The lowest BCUT2D eigenvalue weighted by molar-refractivity contribution is 0.0657. The van der Waals surface area contributed by atoms with Gasteiger partial charge in [0.2, 0.25) is 0 Å². The molecule has 0 radical (unpaired) electrons. The third-order valence-corrected chi connectivity index (χ3v) is 5.35. The van der Waals surface area contributed by atoms with Gasteiger partial charge in [-0.15, -0.1) is 0 Å². The van der Waals surface area contributed by atoms with Gasteiger partial charge in [0.1, 0.15) is 0 Å². The highest BCUT2D eigenvalue weighted by molar-refractivity contribution is 6.42. The molecule has 0 aliphatic carbocycles. The normalized spacial score (nSPS) is 15.0. The molecule has 128 valence electrons. The van der Waals surface area contributed by atoms with Crippen LogP contribution in [-0.2, 0) is 13.0 Å². The van der Waals surface area contributed by atoms with Crippen LogP contribution in [0.2, 0.25) is 10.0 Å². The zero-order chi connectivity index (χ0) is 17.3. The molecule has 0 fully saturated rings. The molecule has 0 bridgehead atoms. The van der Waals surface area contributed by atoms with E-state index in [9.17, 15) is 9.90 Å². The van der Waals surface area contributed by atoms with E-state index in [-0.39, 0.29) is 12.5 Å². The molecule has 1 aliphatic heterocycles. The monoisotopic (exact) mass is 367 g/mol. The lowest BCUT2D eigenvalue weighted by Crippen LogP contribution is -2.34. The smallest absolute Gasteiger partial charge is 0.257 e. The topological polar surface area (TPSA) is 58.4 Å². The molecular formula is C17H19Cl2N3O2. The predicted molar refractivity (Wildman–Crippen MR) is 93.5 cm³/mol. The minimum Gasteiger partial charge on any atom is -0.394 e. The second kappa shape index (κ2) is 7.13. The number of nitrogens with zero attached hydrogens (tertiary/aromatic N) is 3. The number of carbonyl (C=O) groups is 1. The van der Waals surface area contributed by atoms with E-state index >= 15 is 0 Å². The van der Waals surface area contributed by atoms with Gasteiger partial charge in [0, 0.05) is 13.6 Å². The number of hydrogen-bond donors (Lipinski definition) is 1. The fourth-order valence-corrected chi connectivity index (χ4v) is 3.57. The first-order chi connectivity index (χ1) is 11.5. The van der Waals surface area contributed by atoms with Crippen molar-refractivity contribution in [2.75, 3.05) is 13.7 Å². The predicted octanol–water partition coefficient (Wildman–Crippen LogP) is 3.33. The van der Waals surface area contributed by atoms with Crippen LogP contribution in [0.3, 0.4) is 0 Å². The van der Waals surface area contributed by atoms with Crippen molar-refractivity contribution in [1.29, 1.82) is 0 Å². The zero-order valence-corrected chi connectivity index (χ0v) is 14.9. The Balaban J connectivity index is 1.91. The Labute approximate surface area is 150 Å². The number of rotatable bonds is 4. The van der Waals surface area contributed by atoms with Crippen molar-refractivity contribution in [3.05, 3.63) is 51.3 Å². The highest BCUT2D eigenvalue weighted by Gasteiger charge is 2.28. The Morgan fingerprint density at radius 1 is 1.42 bits per heavy atom. The van der Waals surface area contributed by atoms with Crippen molar-refractivity contribution < 1.29 is 9.90 Å². The fraction of sp³-hybridized carbons (Fsp3) is 0.412. The largest absolute Gasteiger partial charge is 0.394 e. The highest BCUT2D eigenvalue weighted by Crippen LogP contribution is 2.33. The Bertz CT molecular complexity index is 760. The SMILES string of the molecule is CN(C(=O)c1cnn2c1CCCC2)C(CO)c1cccc(Cl)c1Cl. The maximum Gasteiger partial charge on any atom is 0.257 e. The van der Waals surface area contributed by atoms with Gasteiger partial charge < -0.3 is 10.0 Å². The molecule has 1 aromatic carbocycles. The van der Waals surface area contributed by atoms with E-state index in [1.165, 1.54) is 4.90 Å². The molecule has 0 spiro atoms. The van der Waals surface area contributed by atoms with Crippen LogP contribution in [0.4, 0.5) is 0 Å². The second-order valence-electron chi connectivity index (χ2n) is 5.94. The summed E-state index contributed by atoms with van der Waals surface area (Å²) in [5.41, 5.74) is 2.18. The summed E-state index contributed by atoms with van der Waals surface area (Å²) < 4.78 is 1.89. The molecule has 1 aromatic heterocycles. The summed E-state index contributed by atoms with van der Waals surface area (Å²) >= 11 is 12.3. The quantitative estimate of drug-likeness (QED) is 0.901. The molecule has 1 aliphatic rings. The van der Waals surface area contributed by atoms with Crippen LogP contribution in [0, 0.1) is 0 Å². The number of aromatic nitrogens is 2. The maximum absolute atomic E-state index is 12.9. The van der Waals surface area contributed by atoms with Crippen molar-refractivity contribution in [2.24, 2.45) is 0 Å². The Morgan fingerprint density at radius 2 is 2.21 bits per heavy atom. The summed E-state index contributed by atoms with van der Waals surface area (Å²) in [7, 11) is 1.66. The number of benzene rings is 1. The zero-order valence-electron chi connectivity index (χ0n) is 13.4. The van der Waals surface area contributed by atoms with E-state index in [4.69, 9.17) is 23.2 Å². The van der Waals surface area contributed by atoms with Crippen molar-refractivity contribution in [2.45, 2.75) is 31.8 Å². The minimum absolute atomic E-state index is 0.173. The van der Waals surface area contributed by atoms with E-state index in [1.807, 2.05) is 4.68 Å². The van der Waals surface area contributed by atoms with Gasteiger partial charge in [-0.1, -0.05) is 35.3 Å². The van der Waals surface area contributed by atoms with Crippen molar-refractivity contribution >= 4 is 29.1 Å². The average molecular weight is 368 g/mol. The van der Waals surface area contributed by atoms with Gasteiger partial charge in [-0.05, 0) is 30.9 Å².